The number of esters is 1. The summed E-state index contributed by atoms with van der Waals surface area (Å²) in [5.74, 6) is -0.0974. The van der Waals surface area contributed by atoms with Gasteiger partial charge in [0.05, 0.1) is 17.1 Å². The van der Waals surface area contributed by atoms with Crippen LogP contribution in [0.1, 0.15) is 45.2 Å². The summed E-state index contributed by atoms with van der Waals surface area (Å²) in [6.07, 6.45) is 2.36. The van der Waals surface area contributed by atoms with Gasteiger partial charge in [0, 0.05) is 5.56 Å². The maximum atomic E-state index is 12.6. The summed E-state index contributed by atoms with van der Waals surface area (Å²) in [4.78, 5) is 24.9. The average molecular weight is 403 g/mol. The topological polar surface area (TPSA) is 52.6 Å². The molecule has 0 radical (unpaired) electrons. The number of benzene rings is 2. The van der Waals surface area contributed by atoms with Crippen molar-refractivity contribution in [3.05, 3.63) is 63.1 Å². The summed E-state index contributed by atoms with van der Waals surface area (Å²) in [6.45, 7) is 1.60. The van der Waals surface area contributed by atoms with Crippen LogP contribution in [0.25, 0.3) is 0 Å². The van der Waals surface area contributed by atoms with Gasteiger partial charge in [0.25, 0.3) is 0 Å². The molecule has 2 aromatic carbocycles. The molecule has 0 saturated heterocycles. The molecule has 3 rings (SSSR count). The quantitative estimate of drug-likeness (QED) is 0.550. The highest BCUT2D eigenvalue weighted by atomic mass is 79.9. The summed E-state index contributed by atoms with van der Waals surface area (Å²) >= 11 is 3.34. The first-order chi connectivity index (χ1) is 12.0. The molecule has 0 bridgehead atoms. The van der Waals surface area contributed by atoms with Crippen LogP contribution >= 0.6 is 15.9 Å². The van der Waals surface area contributed by atoms with Gasteiger partial charge in [-0.05, 0) is 77.5 Å². The van der Waals surface area contributed by atoms with E-state index in [1.807, 2.05) is 18.2 Å². The van der Waals surface area contributed by atoms with Crippen molar-refractivity contribution in [2.75, 3.05) is 7.11 Å². The van der Waals surface area contributed by atoms with Crippen LogP contribution in [-0.2, 0) is 17.6 Å². The molecule has 0 aliphatic heterocycles. The van der Waals surface area contributed by atoms with E-state index in [0.29, 0.717) is 21.3 Å². The highest BCUT2D eigenvalue weighted by Crippen LogP contribution is 2.26. The highest BCUT2D eigenvalue weighted by molar-refractivity contribution is 9.10. The van der Waals surface area contributed by atoms with E-state index < -0.39 is 12.1 Å². The number of ether oxygens (including phenoxy) is 2. The molecule has 130 valence electrons. The van der Waals surface area contributed by atoms with Crippen LogP contribution in [0.3, 0.4) is 0 Å². The van der Waals surface area contributed by atoms with Crippen molar-refractivity contribution < 1.29 is 19.1 Å². The van der Waals surface area contributed by atoms with Crippen molar-refractivity contribution in [1.82, 2.24) is 0 Å². The van der Waals surface area contributed by atoms with Gasteiger partial charge in [0.1, 0.15) is 5.75 Å². The Bertz CT molecular complexity index is 828. The minimum Gasteiger partial charge on any atom is -0.496 e. The normalized spacial score (nSPS) is 13.9. The van der Waals surface area contributed by atoms with E-state index in [4.69, 9.17) is 9.47 Å². The van der Waals surface area contributed by atoms with Crippen molar-refractivity contribution in [2.24, 2.45) is 0 Å². The first-order valence-corrected chi connectivity index (χ1v) is 8.99. The summed E-state index contributed by atoms with van der Waals surface area (Å²) in [7, 11) is 1.55. The van der Waals surface area contributed by atoms with Gasteiger partial charge < -0.3 is 9.47 Å². The standard InChI is InChI=1S/C20H19BrO4/c1-12(19(22)15-7-6-13-4-3-5-14(13)10-15)25-20(23)16-8-9-18(24-2)17(21)11-16/h6-12H,3-5H2,1-2H3/t12-/m1/s1. The van der Waals surface area contributed by atoms with Crippen molar-refractivity contribution in [3.8, 4) is 5.75 Å². The number of fused-ring (bicyclic) bond motifs is 1. The molecule has 0 saturated carbocycles. The van der Waals surface area contributed by atoms with Crippen LogP contribution in [0.2, 0.25) is 0 Å². The van der Waals surface area contributed by atoms with E-state index >= 15 is 0 Å². The Morgan fingerprint density at radius 2 is 1.76 bits per heavy atom. The fourth-order valence-corrected chi connectivity index (χ4v) is 3.58. The fraction of sp³-hybridized carbons (Fsp3) is 0.300. The number of carbonyl (C=O) groups excluding carboxylic acids is 2. The fourth-order valence-electron chi connectivity index (χ4n) is 3.04. The molecule has 0 spiro atoms. The molecule has 0 N–H and O–H groups in total. The molecule has 2 aromatic rings. The number of Topliss-reactive ketones (excluding diaryl/α,β-unsaturated/α-hetero) is 1. The zero-order valence-electron chi connectivity index (χ0n) is 14.2. The molecule has 1 aliphatic carbocycles. The number of aryl methyl sites for hydroxylation is 2. The third-order valence-corrected chi connectivity index (χ3v) is 5.04. The maximum absolute atomic E-state index is 12.6. The van der Waals surface area contributed by atoms with Crippen molar-refractivity contribution >= 4 is 27.7 Å². The van der Waals surface area contributed by atoms with E-state index in [1.165, 1.54) is 11.1 Å². The number of rotatable bonds is 5. The van der Waals surface area contributed by atoms with E-state index in [0.717, 1.165) is 19.3 Å². The summed E-state index contributed by atoms with van der Waals surface area (Å²) < 4.78 is 11.1. The zero-order valence-corrected chi connectivity index (χ0v) is 15.8. The molecule has 0 amide bonds. The van der Waals surface area contributed by atoms with Gasteiger partial charge in [-0.25, -0.2) is 4.79 Å². The lowest BCUT2D eigenvalue weighted by Gasteiger charge is -2.14. The van der Waals surface area contributed by atoms with E-state index in [-0.39, 0.29) is 5.78 Å². The van der Waals surface area contributed by atoms with Gasteiger partial charge >= 0.3 is 5.97 Å². The Morgan fingerprint density at radius 3 is 2.48 bits per heavy atom. The van der Waals surface area contributed by atoms with Crippen molar-refractivity contribution in [3.63, 3.8) is 0 Å². The number of ketones is 1. The number of hydrogen-bond acceptors (Lipinski definition) is 4. The van der Waals surface area contributed by atoms with Crippen LogP contribution in [0.5, 0.6) is 5.75 Å². The van der Waals surface area contributed by atoms with Gasteiger partial charge in [0.15, 0.2) is 6.10 Å². The van der Waals surface area contributed by atoms with Gasteiger partial charge in [-0.1, -0.05) is 12.1 Å². The molecule has 0 heterocycles. The van der Waals surface area contributed by atoms with Crippen LogP contribution in [0, 0.1) is 0 Å². The molecule has 0 fully saturated rings. The summed E-state index contributed by atoms with van der Waals surface area (Å²) in [5.41, 5.74) is 3.49. The first-order valence-electron chi connectivity index (χ1n) is 8.20. The average Bonchev–Trinajstić information content (AvgIpc) is 3.08. The van der Waals surface area contributed by atoms with Gasteiger partial charge in [-0.2, -0.15) is 0 Å². The lowest BCUT2D eigenvalue weighted by molar-refractivity contribution is 0.0318. The molecular weight excluding hydrogens is 384 g/mol. The minimum absolute atomic E-state index is 0.185. The molecule has 25 heavy (non-hydrogen) atoms. The Morgan fingerprint density at radius 1 is 1.04 bits per heavy atom. The third kappa shape index (κ3) is 3.76. The van der Waals surface area contributed by atoms with Crippen LogP contribution in [0.4, 0.5) is 0 Å². The molecule has 5 heteroatoms. The smallest absolute Gasteiger partial charge is 0.338 e. The maximum Gasteiger partial charge on any atom is 0.338 e. The predicted molar refractivity (Wildman–Crippen MR) is 98.4 cm³/mol. The second-order valence-corrected chi connectivity index (χ2v) is 6.95. The van der Waals surface area contributed by atoms with E-state index in [1.54, 1.807) is 32.2 Å². The summed E-state index contributed by atoms with van der Waals surface area (Å²) in [6, 6.07) is 10.7. The lowest BCUT2D eigenvalue weighted by Crippen LogP contribution is -2.24. The van der Waals surface area contributed by atoms with E-state index in [2.05, 4.69) is 15.9 Å². The SMILES string of the molecule is COc1ccc(C(=O)O[C@H](C)C(=O)c2ccc3c(c2)CCC3)cc1Br. The number of halogens is 1. The molecule has 1 atom stereocenters. The molecule has 4 nitrogen and oxygen atoms in total. The Labute approximate surface area is 155 Å². The second kappa shape index (κ2) is 7.40. The second-order valence-electron chi connectivity index (χ2n) is 6.10. The minimum atomic E-state index is -0.840. The predicted octanol–water partition coefficient (Wildman–Crippen LogP) is 4.37. The Balaban J connectivity index is 1.70. The van der Waals surface area contributed by atoms with Crippen LogP contribution in [-0.4, -0.2) is 25.0 Å². The third-order valence-electron chi connectivity index (χ3n) is 4.42. The first kappa shape index (κ1) is 17.7. The van der Waals surface area contributed by atoms with Crippen LogP contribution < -0.4 is 4.74 Å². The van der Waals surface area contributed by atoms with Crippen molar-refractivity contribution in [1.29, 1.82) is 0 Å². The van der Waals surface area contributed by atoms with Crippen LogP contribution in [0.15, 0.2) is 40.9 Å². The molecule has 1 aliphatic rings. The summed E-state index contributed by atoms with van der Waals surface area (Å²) in [5, 5.41) is 0. The van der Waals surface area contributed by atoms with Gasteiger partial charge in [-0.3, -0.25) is 4.79 Å². The Hall–Kier alpha value is -2.14. The number of carbonyl (C=O) groups is 2. The largest absolute Gasteiger partial charge is 0.496 e. The Kier molecular flexibility index (Phi) is 5.23. The van der Waals surface area contributed by atoms with Gasteiger partial charge in [-0.15, -0.1) is 0 Å². The lowest BCUT2D eigenvalue weighted by atomic mass is 10.0. The molecule has 0 aromatic heterocycles. The van der Waals surface area contributed by atoms with Gasteiger partial charge in [0.2, 0.25) is 5.78 Å². The monoisotopic (exact) mass is 402 g/mol. The van der Waals surface area contributed by atoms with E-state index in [9.17, 15) is 9.59 Å². The zero-order chi connectivity index (χ0) is 18.0. The highest BCUT2D eigenvalue weighted by Gasteiger charge is 2.22. The molecule has 0 unspecified atom stereocenters. The van der Waals surface area contributed by atoms with Crippen molar-refractivity contribution in [2.45, 2.75) is 32.3 Å². The number of hydrogen-bond donors (Lipinski definition) is 0. The molecular formula is C20H19BrO4. The number of methoxy groups -OCH3 is 1.